The van der Waals surface area contributed by atoms with Gasteiger partial charge in [0.25, 0.3) is 0 Å². The number of aliphatic hydroxyl groups is 1. The molecule has 1 fully saturated rings. The van der Waals surface area contributed by atoms with Gasteiger partial charge in [-0.3, -0.25) is 0 Å². The van der Waals surface area contributed by atoms with Gasteiger partial charge in [0.15, 0.2) is 6.04 Å². The van der Waals surface area contributed by atoms with Crippen LogP contribution in [0.2, 0.25) is 0 Å². The Morgan fingerprint density at radius 3 is 2.47 bits per heavy atom. The van der Waals surface area contributed by atoms with Crippen LogP contribution in [0, 0.1) is 0 Å². The van der Waals surface area contributed by atoms with E-state index in [0.29, 0.717) is 13.1 Å². The largest absolute Gasteiger partial charge is 0.480 e. The van der Waals surface area contributed by atoms with E-state index in [9.17, 15) is 14.7 Å². The molecular formula is C12H22N2O5. The number of aliphatic hydroxyl groups excluding tert-OH is 1. The highest BCUT2D eigenvalue weighted by atomic mass is 16.5. The topological polar surface area (TPSA) is 99.1 Å². The molecule has 0 aromatic carbocycles. The van der Waals surface area contributed by atoms with E-state index in [0.717, 1.165) is 0 Å². The summed E-state index contributed by atoms with van der Waals surface area (Å²) in [7, 11) is 0. The minimum atomic E-state index is -1.31. The number of carbonyl (C=O) groups is 2. The highest BCUT2D eigenvalue weighted by Gasteiger charge is 2.35. The molecule has 0 radical (unpaired) electrons. The molecule has 19 heavy (non-hydrogen) atoms. The minimum Gasteiger partial charge on any atom is -0.480 e. The van der Waals surface area contributed by atoms with Gasteiger partial charge < -0.3 is 25.2 Å². The Balaban J connectivity index is 2.69. The SMILES string of the molecule is CC1CN(C(=O)N[C@H](C(=O)O)[C@@H](C)O)CC(C)(C)O1. The van der Waals surface area contributed by atoms with Crippen molar-refractivity contribution in [1.82, 2.24) is 10.2 Å². The molecule has 0 aromatic rings. The molecule has 1 heterocycles. The van der Waals surface area contributed by atoms with Crippen molar-refractivity contribution >= 4 is 12.0 Å². The van der Waals surface area contributed by atoms with E-state index in [1.54, 1.807) is 0 Å². The molecule has 0 aromatic heterocycles. The van der Waals surface area contributed by atoms with Gasteiger partial charge in [-0.25, -0.2) is 9.59 Å². The van der Waals surface area contributed by atoms with Crippen LogP contribution in [-0.4, -0.2) is 64.1 Å². The molecule has 0 spiro atoms. The molecule has 1 unspecified atom stereocenters. The summed E-state index contributed by atoms with van der Waals surface area (Å²) >= 11 is 0. The van der Waals surface area contributed by atoms with Crippen LogP contribution in [0.3, 0.4) is 0 Å². The molecule has 1 saturated heterocycles. The van der Waals surface area contributed by atoms with Gasteiger partial charge in [0.2, 0.25) is 0 Å². The second-order valence-corrected chi connectivity index (χ2v) is 5.57. The number of carboxylic acid groups (broad SMARTS) is 1. The number of amides is 2. The maximum Gasteiger partial charge on any atom is 0.328 e. The van der Waals surface area contributed by atoms with Gasteiger partial charge >= 0.3 is 12.0 Å². The van der Waals surface area contributed by atoms with Crippen LogP contribution in [-0.2, 0) is 9.53 Å². The lowest BCUT2D eigenvalue weighted by Crippen LogP contribution is -2.59. The third-order valence-corrected chi connectivity index (χ3v) is 2.88. The molecular weight excluding hydrogens is 252 g/mol. The van der Waals surface area contributed by atoms with E-state index in [1.807, 2.05) is 20.8 Å². The van der Waals surface area contributed by atoms with Crippen LogP contribution in [0.15, 0.2) is 0 Å². The third-order valence-electron chi connectivity index (χ3n) is 2.88. The Labute approximate surface area is 112 Å². The number of urea groups is 1. The molecule has 1 aliphatic rings. The molecule has 7 nitrogen and oxygen atoms in total. The first-order valence-electron chi connectivity index (χ1n) is 6.26. The number of carbonyl (C=O) groups excluding carboxylic acids is 1. The number of carboxylic acids is 1. The molecule has 110 valence electrons. The quantitative estimate of drug-likeness (QED) is 0.674. The average molecular weight is 274 g/mol. The zero-order chi connectivity index (χ0) is 14.8. The summed E-state index contributed by atoms with van der Waals surface area (Å²) in [4.78, 5) is 24.5. The lowest BCUT2D eigenvalue weighted by Gasteiger charge is -2.41. The molecule has 7 heteroatoms. The van der Waals surface area contributed by atoms with Crippen molar-refractivity contribution in [2.75, 3.05) is 13.1 Å². The van der Waals surface area contributed by atoms with Crippen molar-refractivity contribution in [3.8, 4) is 0 Å². The molecule has 0 bridgehead atoms. The first kappa shape index (κ1) is 15.7. The smallest absolute Gasteiger partial charge is 0.328 e. The summed E-state index contributed by atoms with van der Waals surface area (Å²) < 4.78 is 5.67. The molecule has 3 atom stereocenters. The molecule has 0 aliphatic carbocycles. The summed E-state index contributed by atoms with van der Waals surface area (Å²) in [5.74, 6) is -1.26. The maximum absolute atomic E-state index is 12.0. The molecule has 0 saturated carbocycles. The molecule has 3 N–H and O–H groups in total. The van der Waals surface area contributed by atoms with Crippen molar-refractivity contribution in [3.05, 3.63) is 0 Å². The van der Waals surface area contributed by atoms with E-state index < -0.39 is 29.7 Å². The fourth-order valence-corrected chi connectivity index (χ4v) is 2.22. The van der Waals surface area contributed by atoms with Gasteiger partial charge in [0.1, 0.15) is 0 Å². The zero-order valence-electron chi connectivity index (χ0n) is 11.7. The number of rotatable bonds is 3. The van der Waals surface area contributed by atoms with E-state index in [2.05, 4.69) is 5.32 Å². The summed E-state index contributed by atoms with van der Waals surface area (Å²) in [5.41, 5.74) is -0.474. The predicted octanol–water partition coefficient (Wildman–Crippen LogP) is 0.0293. The Morgan fingerprint density at radius 1 is 1.47 bits per heavy atom. The van der Waals surface area contributed by atoms with Crippen LogP contribution in [0.1, 0.15) is 27.7 Å². The normalized spacial score (nSPS) is 25.5. The lowest BCUT2D eigenvalue weighted by molar-refractivity contribution is -0.142. The Hall–Kier alpha value is -1.34. The fraction of sp³-hybridized carbons (Fsp3) is 0.833. The summed E-state index contributed by atoms with van der Waals surface area (Å²) in [6.07, 6.45) is -1.28. The first-order valence-corrected chi connectivity index (χ1v) is 6.26. The maximum atomic E-state index is 12.0. The monoisotopic (exact) mass is 274 g/mol. The highest BCUT2D eigenvalue weighted by Crippen LogP contribution is 2.20. The second kappa shape index (κ2) is 5.75. The van der Waals surface area contributed by atoms with Gasteiger partial charge in [0, 0.05) is 6.54 Å². The summed E-state index contributed by atoms with van der Waals surface area (Å²) in [5, 5.41) is 20.6. The van der Waals surface area contributed by atoms with Crippen LogP contribution in [0.5, 0.6) is 0 Å². The fourth-order valence-electron chi connectivity index (χ4n) is 2.22. The van der Waals surface area contributed by atoms with E-state index >= 15 is 0 Å². The predicted molar refractivity (Wildman–Crippen MR) is 67.8 cm³/mol. The summed E-state index contributed by atoms with van der Waals surface area (Å²) in [6, 6.07) is -1.81. The van der Waals surface area contributed by atoms with Crippen molar-refractivity contribution in [1.29, 1.82) is 0 Å². The van der Waals surface area contributed by atoms with Crippen molar-refractivity contribution in [3.63, 3.8) is 0 Å². The van der Waals surface area contributed by atoms with Crippen molar-refractivity contribution in [2.45, 2.75) is 51.5 Å². The van der Waals surface area contributed by atoms with E-state index in [1.165, 1.54) is 11.8 Å². The Bertz CT molecular complexity index is 356. The third kappa shape index (κ3) is 4.36. The first-order chi connectivity index (χ1) is 8.62. The number of nitrogens with one attached hydrogen (secondary N) is 1. The number of aliphatic carboxylic acids is 1. The molecule has 1 rings (SSSR count). The van der Waals surface area contributed by atoms with Crippen LogP contribution < -0.4 is 5.32 Å². The molecule has 2 amide bonds. The van der Waals surface area contributed by atoms with Gasteiger partial charge in [0.05, 0.1) is 24.4 Å². The number of ether oxygens (including phenoxy) is 1. The zero-order valence-corrected chi connectivity index (χ0v) is 11.7. The second-order valence-electron chi connectivity index (χ2n) is 5.57. The number of morpholine rings is 1. The molecule has 1 aliphatic heterocycles. The number of nitrogens with zero attached hydrogens (tertiary/aromatic N) is 1. The van der Waals surface area contributed by atoms with E-state index in [4.69, 9.17) is 9.84 Å². The lowest BCUT2D eigenvalue weighted by atomic mass is 10.1. The average Bonchev–Trinajstić information content (AvgIpc) is 2.21. The number of hydrogen-bond donors (Lipinski definition) is 3. The van der Waals surface area contributed by atoms with Gasteiger partial charge in [-0.05, 0) is 27.7 Å². The standard InChI is InChI=1S/C12H22N2O5/c1-7-5-14(6-12(3,4)19-7)11(18)13-9(8(2)15)10(16)17/h7-9,15H,5-6H2,1-4H3,(H,13,18)(H,16,17)/t7?,8-,9+/m1/s1. The van der Waals surface area contributed by atoms with Crippen LogP contribution in [0.4, 0.5) is 4.79 Å². The van der Waals surface area contributed by atoms with E-state index in [-0.39, 0.29) is 6.10 Å². The van der Waals surface area contributed by atoms with Crippen molar-refractivity contribution < 1.29 is 24.5 Å². The minimum absolute atomic E-state index is 0.121. The van der Waals surface area contributed by atoms with Crippen LogP contribution >= 0.6 is 0 Å². The number of hydrogen-bond acceptors (Lipinski definition) is 4. The highest BCUT2D eigenvalue weighted by molar-refractivity contribution is 5.83. The Morgan fingerprint density at radius 2 is 2.05 bits per heavy atom. The van der Waals surface area contributed by atoms with Gasteiger partial charge in [-0.2, -0.15) is 0 Å². The summed E-state index contributed by atoms with van der Waals surface area (Å²) in [6.45, 7) is 7.67. The van der Waals surface area contributed by atoms with Gasteiger partial charge in [-0.1, -0.05) is 0 Å². The van der Waals surface area contributed by atoms with Crippen LogP contribution in [0.25, 0.3) is 0 Å². The van der Waals surface area contributed by atoms with Gasteiger partial charge in [-0.15, -0.1) is 0 Å². The Kier molecular flexibility index (Phi) is 4.75. The van der Waals surface area contributed by atoms with Crippen molar-refractivity contribution in [2.24, 2.45) is 0 Å².